The summed E-state index contributed by atoms with van der Waals surface area (Å²) in [5, 5.41) is 20.8. The van der Waals surface area contributed by atoms with Gasteiger partial charge in [0.2, 0.25) is 0 Å². The molecule has 0 amide bonds. The number of ether oxygens (including phenoxy) is 3. The van der Waals surface area contributed by atoms with Gasteiger partial charge in [0.25, 0.3) is 0 Å². The molecular weight excluding hydrogens is 1580 g/mol. The molecule has 4 N–H and O–H groups in total. The van der Waals surface area contributed by atoms with E-state index < -0.39 is 91.5 Å². The van der Waals surface area contributed by atoms with Crippen molar-refractivity contribution in [1.29, 1.82) is 0 Å². The Labute approximate surface area is 750 Å². The molecule has 18 heteroatoms. The van der Waals surface area contributed by atoms with Crippen LogP contribution < -0.4 is 0 Å². The summed E-state index contributed by atoms with van der Waals surface area (Å²) in [5.41, 5.74) is 0. The molecule has 0 aromatic rings. The zero-order valence-corrected chi connectivity index (χ0v) is 79.3. The molecule has 0 aromatic carbocycles. The molecule has 5 atom stereocenters. The molecule has 702 valence electrons. The van der Waals surface area contributed by atoms with E-state index >= 15 is 0 Å². The van der Waals surface area contributed by atoms with Crippen molar-refractivity contribution in [2.45, 2.75) is 411 Å². The standard InChI is InChI=1S/C105H176O16P2/c1-4-7-10-13-16-19-22-25-28-31-34-37-40-43-45-47-49-51-53-56-58-61-64-67-70-73-76-79-82-85-88-91-103(108)115-94-100(106)95-117-122(111,112)118-96-101(107)97-119-123(113,114)120-99-102(121-105(110)93-90-87-84-81-78-75-72-69-66-63-60-55-42-39-36-33-30-27-24-21-18-15-12-9-6-3)98-116-104(109)92-89-86-83-80-77-74-71-68-65-62-59-57-54-52-50-48-46-44-41-38-35-32-29-26-23-20-17-14-11-8-5-2/h7-12,16-21,25-30,34-39,43-46,55,60,66,69,100-102,106-107H,4-6,13-15,22-24,31-33,40-42,47-54,56-59,61-65,67-68,70-99H2,1-3H3,(H,111,112)(H,113,114)/b10-7-,11-8-,12-9-,19-16-,20-17-,21-18-,28-25-,29-26-,30-27-,37-34-,38-35-,39-36-,45-43-,46-44-,60-55-,69-66-. The van der Waals surface area contributed by atoms with Crippen LogP contribution in [-0.4, -0.2) is 95.9 Å². The third-order valence-corrected chi connectivity index (χ3v) is 22.2. The first-order valence-corrected chi connectivity index (χ1v) is 51.7. The predicted molar refractivity (Wildman–Crippen MR) is 518 cm³/mol. The molecule has 0 saturated carbocycles. The molecule has 16 nitrogen and oxygen atoms in total. The van der Waals surface area contributed by atoms with Crippen LogP contribution in [0.1, 0.15) is 393 Å². The Kier molecular flexibility index (Phi) is 91.1. The van der Waals surface area contributed by atoms with Crippen LogP contribution in [0.2, 0.25) is 0 Å². The summed E-state index contributed by atoms with van der Waals surface area (Å²) < 4.78 is 61.6. The minimum absolute atomic E-state index is 0.0820. The van der Waals surface area contributed by atoms with Gasteiger partial charge in [-0.1, -0.05) is 408 Å². The van der Waals surface area contributed by atoms with Crippen molar-refractivity contribution in [2.24, 2.45) is 0 Å². The lowest BCUT2D eigenvalue weighted by atomic mass is 10.0. The van der Waals surface area contributed by atoms with Crippen molar-refractivity contribution < 1.29 is 75.8 Å². The maximum atomic E-state index is 13.1. The lowest BCUT2D eigenvalue weighted by Gasteiger charge is -2.21. The molecule has 0 aromatic heterocycles. The van der Waals surface area contributed by atoms with Gasteiger partial charge in [-0.2, -0.15) is 0 Å². The van der Waals surface area contributed by atoms with Crippen LogP contribution in [0, 0.1) is 0 Å². The maximum absolute atomic E-state index is 13.1. The van der Waals surface area contributed by atoms with E-state index in [9.17, 15) is 43.5 Å². The van der Waals surface area contributed by atoms with Crippen molar-refractivity contribution in [2.75, 3.05) is 39.6 Å². The molecule has 0 aliphatic heterocycles. The van der Waals surface area contributed by atoms with Gasteiger partial charge in [-0.3, -0.25) is 32.5 Å². The van der Waals surface area contributed by atoms with Crippen LogP contribution in [0.15, 0.2) is 194 Å². The second kappa shape index (κ2) is 95.5. The van der Waals surface area contributed by atoms with E-state index in [0.717, 1.165) is 186 Å². The van der Waals surface area contributed by atoms with Gasteiger partial charge in [0, 0.05) is 19.3 Å². The van der Waals surface area contributed by atoms with E-state index in [0.29, 0.717) is 19.3 Å². The summed E-state index contributed by atoms with van der Waals surface area (Å²) in [4.78, 5) is 59.1. The highest BCUT2D eigenvalue weighted by Crippen LogP contribution is 2.45. The van der Waals surface area contributed by atoms with Gasteiger partial charge in [-0.15, -0.1) is 0 Å². The highest BCUT2D eigenvalue weighted by Gasteiger charge is 2.30. The Morgan fingerprint density at radius 2 is 0.407 bits per heavy atom. The van der Waals surface area contributed by atoms with Gasteiger partial charge in [0.05, 0.1) is 26.4 Å². The lowest BCUT2D eigenvalue weighted by molar-refractivity contribution is -0.161. The smallest absolute Gasteiger partial charge is 0.463 e. The number of esters is 3. The summed E-state index contributed by atoms with van der Waals surface area (Å²) in [5.74, 6) is -1.59. The molecule has 0 bridgehead atoms. The maximum Gasteiger partial charge on any atom is 0.472 e. The number of allylic oxidation sites excluding steroid dienone is 32. The Morgan fingerprint density at radius 1 is 0.228 bits per heavy atom. The highest BCUT2D eigenvalue weighted by atomic mass is 31.2. The van der Waals surface area contributed by atoms with E-state index in [2.05, 4.69) is 215 Å². The molecule has 0 rings (SSSR count). The molecule has 0 spiro atoms. The molecule has 0 fully saturated rings. The Balaban J connectivity index is 4.64. The third kappa shape index (κ3) is 96.9. The lowest BCUT2D eigenvalue weighted by Crippen LogP contribution is -2.30. The second-order valence-corrected chi connectivity index (χ2v) is 35.0. The molecule has 0 saturated heterocycles. The first-order chi connectivity index (χ1) is 60.2. The van der Waals surface area contributed by atoms with Gasteiger partial charge >= 0.3 is 33.6 Å². The number of carbonyl (C=O) groups is 3. The second-order valence-electron chi connectivity index (χ2n) is 32.1. The van der Waals surface area contributed by atoms with Crippen LogP contribution in [0.25, 0.3) is 0 Å². The quantitative estimate of drug-likeness (QED) is 0.0146. The molecule has 0 aliphatic carbocycles. The van der Waals surface area contributed by atoms with Gasteiger partial charge in [-0.25, -0.2) is 9.13 Å². The van der Waals surface area contributed by atoms with Gasteiger partial charge in [-0.05, 0) is 161 Å². The number of phosphoric ester groups is 2. The molecular formula is C105H176O16P2. The first kappa shape index (κ1) is 117. The molecule has 5 unspecified atom stereocenters. The van der Waals surface area contributed by atoms with Crippen LogP contribution in [0.3, 0.4) is 0 Å². The number of carbonyl (C=O) groups excluding carboxylic acids is 3. The SMILES string of the molecule is CC/C=C\C/C=C\C/C=C\C/C=C\C/C=C\C/C=C\CCCCCCCCC(=O)OC(COC(=O)CCCCCCCCCCCCCCCCC/C=C\C/C=C\C/C=C\C/C=C\C/C=C\CC)COP(=O)(O)OCC(O)COP(=O)(O)OCC(O)COC(=O)CCCCCCCCCCCCCCCCC/C=C\C/C=C\C/C=C\C/C=C\C/C=C\CC. The van der Waals surface area contributed by atoms with Crippen molar-refractivity contribution in [3.63, 3.8) is 0 Å². The van der Waals surface area contributed by atoms with E-state index in [-0.39, 0.29) is 19.3 Å². The summed E-state index contributed by atoms with van der Waals surface area (Å²) in [7, 11) is -9.83. The summed E-state index contributed by atoms with van der Waals surface area (Å²) in [6.07, 6.45) is 128. The number of hydrogen-bond donors (Lipinski definition) is 4. The molecule has 0 radical (unpaired) electrons. The average molecular weight is 1760 g/mol. The average Bonchev–Trinajstić information content (AvgIpc) is 0.870. The zero-order chi connectivity index (χ0) is 89.3. The summed E-state index contributed by atoms with van der Waals surface area (Å²) in [6, 6.07) is 0. The normalized spacial score (nSPS) is 14.6. The van der Waals surface area contributed by atoms with E-state index in [1.165, 1.54) is 148 Å². The van der Waals surface area contributed by atoms with Crippen LogP contribution in [0.4, 0.5) is 0 Å². The molecule has 0 heterocycles. The fraction of sp³-hybridized carbons (Fsp3) is 0.667. The van der Waals surface area contributed by atoms with Crippen LogP contribution in [0.5, 0.6) is 0 Å². The minimum atomic E-state index is -4.95. The van der Waals surface area contributed by atoms with Crippen LogP contribution in [-0.2, 0) is 55.8 Å². The van der Waals surface area contributed by atoms with Crippen molar-refractivity contribution in [3.05, 3.63) is 194 Å². The predicted octanol–water partition coefficient (Wildman–Crippen LogP) is 30.6. The minimum Gasteiger partial charge on any atom is -0.463 e. The number of unbranched alkanes of at least 4 members (excludes halogenated alkanes) is 36. The molecule has 123 heavy (non-hydrogen) atoms. The number of aliphatic hydroxyl groups excluding tert-OH is 2. The Bertz CT molecular complexity index is 3020. The third-order valence-electron chi connectivity index (χ3n) is 20.3. The van der Waals surface area contributed by atoms with Gasteiger partial charge < -0.3 is 34.2 Å². The van der Waals surface area contributed by atoms with Crippen molar-refractivity contribution in [1.82, 2.24) is 0 Å². The summed E-state index contributed by atoms with van der Waals surface area (Å²) >= 11 is 0. The Hall–Kier alpha value is -5.61. The number of aliphatic hydroxyl groups is 2. The van der Waals surface area contributed by atoms with Crippen molar-refractivity contribution >= 4 is 33.6 Å². The van der Waals surface area contributed by atoms with Crippen molar-refractivity contribution in [3.8, 4) is 0 Å². The topological polar surface area (TPSA) is 231 Å². The highest BCUT2D eigenvalue weighted by molar-refractivity contribution is 7.47. The Morgan fingerprint density at radius 3 is 0.642 bits per heavy atom. The summed E-state index contributed by atoms with van der Waals surface area (Å²) in [6.45, 7) is 2.37. The number of hydrogen-bond acceptors (Lipinski definition) is 14. The fourth-order valence-electron chi connectivity index (χ4n) is 13.0. The van der Waals surface area contributed by atoms with E-state index in [1.54, 1.807) is 0 Å². The van der Waals surface area contributed by atoms with E-state index in [4.69, 9.17) is 32.3 Å². The van der Waals surface area contributed by atoms with Gasteiger partial charge in [0.1, 0.15) is 25.4 Å². The number of phosphoric acid groups is 2. The zero-order valence-electron chi connectivity index (χ0n) is 77.5. The molecule has 0 aliphatic rings. The van der Waals surface area contributed by atoms with Crippen LogP contribution >= 0.6 is 15.6 Å². The first-order valence-electron chi connectivity index (χ1n) is 48.7. The fourth-order valence-corrected chi connectivity index (χ4v) is 14.6. The van der Waals surface area contributed by atoms with E-state index in [1.807, 2.05) is 0 Å². The van der Waals surface area contributed by atoms with Gasteiger partial charge in [0.15, 0.2) is 6.10 Å². The largest absolute Gasteiger partial charge is 0.472 e. The number of rotatable bonds is 91. The monoisotopic (exact) mass is 1760 g/mol.